The Bertz CT molecular complexity index is 796. The monoisotopic (exact) mass is 371 g/mol. The third kappa shape index (κ3) is 4.75. The van der Waals surface area contributed by atoms with E-state index in [0.717, 1.165) is 0 Å². The average Bonchev–Trinajstić information content (AvgIpc) is 3.31. The van der Waals surface area contributed by atoms with Crippen molar-refractivity contribution in [1.29, 1.82) is 0 Å². The summed E-state index contributed by atoms with van der Waals surface area (Å²) >= 11 is 0. The molecular formula is C20H21NO6. The van der Waals surface area contributed by atoms with E-state index < -0.39 is 11.9 Å². The quantitative estimate of drug-likeness (QED) is 0.523. The molecule has 2 aromatic rings. The normalized spacial score (nSPS) is 16.4. The summed E-state index contributed by atoms with van der Waals surface area (Å²) < 4.78 is 15.7. The molecule has 0 unspecified atom stereocenters. The molecule has 1 aliphatic rings. The van der Waals surface area contributed by atoms with Gasteiger partial charge in [0.05, 0.1) is 25.3 Å². The fourth-order valence-corrected chi connectivity index (χ4v) is 2.92. The van der Waals surface area contributed by atoms with E-state index in [2.05, 4.69) is 0 Å². The zero-order valence-electron chi connectivity index (χ0n) is 15.1. The molecule has 2 heterocycles. The van der Waals surface area contributed by atoms with Crippen LogP contribution in [0.2, 0.25) is 0 Å². The number of amides is 1. The topological polar surface area (TPSA) is 86.0 Å². The van der Waals surface area contributed by atoms with Crippen LogP contribution in [0, 0.1) is 5.92 Å². The van der Waals surface area contributed by atoms with Crippen LogP contribution in [-0.4, -0.2) is 42.3 Å². The molecule has 0 spiro atoms. The van der Waals surface area contributed by atoms with Crippen LogP contribution >= 0.6 is 0 Å². The second-order valence-corrected chi connectivity index (χ2v) is 6.24. The lowest BCUT2D eigenvalue weighted by atomic mass is 10.1. The van der Waals surface area contributed by atoms with Crippen molar-refractivity contribution in [2.75, 3.05) is 19.8 Å². The summed E-state index contributed by atoms with van der Waals surface area (Å²) in [5.41, 5.74) is 0.438. The number of ether oxygens (including phenoxy) is 2. The van der Waals surface area contributed by atoms with Crippen LogP contribution in [0.3, 0.4) is 0 Å². The summed E-state index contributed by atoms with van der Waals surface area (Å²) in [7, 11) is 0. The van der Waals surface area contributed by atoms with Gasteiger partial charge in [-0.25, -0.2) is 0 Å². The van der Waals surface area contributed by atoms with Crippen molar-refractivity contribution in [3.8, 4) is 5.75 Å². The van der Waals surface area contributed by atoms with E-state index in [-0.39, 0.29) is 31.3 Å². The summed E-state index contributed by atoms with van der Waals surface area (Å²) in [5.74, 6) is -0.213. The number of hydrogen-bond donors (Lipinski definition) is 0. The zero-order valence-corrected chi connectivity index (χ0v) is 15.1. The number of hydrogen-bond acceptors (Lipinski definition) is 6. The predicted molar refractivity (Wildman–Crippen MR) is 95.1 cm³/mol. The number of carbonyl (C=O) groups is 3. The van der Waals surface area contributed by atoms with Gasteiger partial charge in [0.25, 0.3) is 0 Å². The van der Waals surface area contributed by atoms with Crippen LogP contribution in [0.25, 0.3) is 0 Å². The molecular weight excluding hydrogens is 350 g/mol. The largest absolute Gasteiger partial charge is 0.494 e. The molecule has 1 fully saturated rings. The van der Waals surface area contributed by atoms with Crippen molar-refractivity contribution in [1.82, 2.24) is 4.90 Å². The average molecular weight is 371 g/mol. The second-order valence-electron chi connectivity index (χ2n) is 6.24. The van der Waals surface area contributed by atoms with Crippen molar-refractivity contribution in [2.24, 2.45) is 5.92 Å². The molecule has 142 valence electrons. The van der Waals surface area contributed by atoms with Gasteiger partial charge < -0.3 is 18.8 Å². The number of likely N-dealkylation sites (tertiary alicyclic amines) is 1. The van der Waals surface area contributed by atoms with Crippen molar-refractivity contribution in [2.45, 2.75) is 19.9 Å². The number of carbonyl (C=O) groups excluding carboxylic acids is 3. The third-order valence-electron chi connectivity index (χ3n) is 4.31. The van der Waals surface area contributed by atoms with Gasteiger partial charge in [-0.2, -0.15) is 0 Å². The second kappa shape index (κ2) is 8.53. The Balaban J connectivity index is 1.48. The molecule has 1 atom stereocenters. The van der Waals surface area contributed by atoms with E-state index in [9.17, 15) is 14.4 Å². The fraction of sp³-hybridized carbons (Fsp3) is 0.350. The maximum atomic E-state index is 12.2. The Morgan fingerprint density at radius 2 is 2.00 bits per heavy atom. The minimum absolute atomic E-state index is 0.0801. The first-order valence-corrected chi connectivity index (χ1v) is 8.79. The lowest BCUT2D eigenvalue weighted by molar-refractivity contribution is -0.147. The first-order chi connectivity index (χ1) is 13.1. The van der Waals surface area contributed by atoms with Crippen LogP contribution in [0.15, 0.2) is 47.1 Å². The molecule has 0 saturated carbocycles. The maximum Gasteiger partial charge on any atom is 0.311 e. The molecule has 0 radical (unpaired) electrons. The number of esters is 1. The fourth-order valence-electron chi connectivity index (χ4n) is 2.92. The van der Waals surface area contributed by atoms with Gasteiger partial charge >= 0.3 is 5.97 Å². The third-order valence-corrected chi connectivity index (χ3v) is 4.31. The summed E-state index contributed by atoms with van der Waals surface area (Å²) in [6.45, 7) is 2.65. The molecule has 7 nitrogen and oxygen atoms in total. The Hall–Kier alpha value is -3.09. The molecule has 0 aliphatic carbocycles. The smallest absolute Gasteiger partial charge is 0.311 e. The number of benzene rings is 1. The van der Waals surface area contributed by atoms with Crippen LogP contribution in [0.1, 0.15) is 29.5 Å². The van der Waals surface area contributed by atoms with E-state index in [1.165, 1.54) is 6.26 Å². The minimum atomic E-state index is -0.569. The highest BCUT2D eigenvalue weighted by Crippen LogP contribution is 2.22. The molecule has 3 rings (SSSR count). The Morgan fingerprint density at radius 3 is 2.67 bits per heavy atom. The maximum absolute atomic E-state index is 12.2. The number of nitrogens with zero attached hydrogens (tertiary/aromatic N) is 1. The Labute approximate surface area is 156 Å². The van der Waals surface area contributed by atoms with Crippen LogP contribution in [0.5, 0.6) is 5.75 Å². The van der Waals surface area contributed by atoms with Gasteiger partial charge in [0.15, 0.2) is 12.4 Å². The van der Waals surface area contributed by atoms with Crippen molar-refractivity contribution in [3.63, 3.8) is 0 Å². The number of rotatable bonds is 8. The molecule has 0 N–H and O–H groups in total. The SMILES string of the molecule is CCOc1ccc(C(=O)COC(=O)[C@@H]2CC(=O)N(Cc3ccco3)C2)cc1. The highest BCUT2D eigenvalue weighted by Gasteiger charge is 2.35. The van der Waals surface area contributed by atoms with Gasteiger partial charge in [0.1, 0.15) is 11.5 Å². The van der Waals surface area contributed by atoms with Crippen molar-refractivity contribution >= 4 is 17.7 Å². The first kappa shape index (κ1) is 18.7. The molecule has 1 amide bonds. The van der Waals surface area contributed by atoms with Crippen LogP contribution < -0.4 is 4.74 Å². The van der Waals surface area contributed by atoms with Crippen LogP contribution in [-0.2, 0) is 20.9 Å². The molecule has 1 aromatic carbocycles. The Morgan fingerprint density at radius 1 is 1.22 bits per heavy atom. The summed E-state index contributed by atoms with van der Waals surface area (Å²) in [6, 6.07) is 10.2. The van der Waals surface area contributed by atoms with Crippen LogP contribution in [0.4, 0.5) is 0 Å². The highest BCUT2D eigenvalue weighted by molar-refractivity contribution is 5.98. The number of Topliss-reactive ketones (excluding diaryl/α,β-unsaturated/α-hetero) is 1. The molecule has 0 bridgehead atoms. The highest BCUT2D eigenvalue weighted by atomic mass is 16.5. The van der Waals surface area contributed by atoms with E-state index in [1.807, 2.05) is 6.92 Å². The van der Waals surface area contributed by atoms with Gasteiger partial charge in [0, 0.05) is 18.5 Å². The summed E-state index contributed by atoms with van der Waals surface area (Å²) in [4.78, 5) is 38.0. The minimum Gasteiger partial charge on any atom is -0.494 e. The van der Waals surface area contributed by atoms with Gasteiger partial charge in [-0.3, -0.25) is 14.4 Å². The van der Waals surface area contributed by atoms with E-state index in [4.69, 9.17) is 13.9 Å². The molecule has 1 aliphatic heterocycles. The molecule has 27 heavy (non-hydrogen) atoms. The van der Waals surface area contributed by atoms with Crippen molar-refractivity contribution in [3.05, 3.63) is 54.0 Å². The predicted octanol–water partition coefficient (Wildman–Crippen LogP) is 2.45. The van der Waals surface area contributed by atoms with Crippen molar-refractivity contribution < 1.29 is 28.3 Å². The Kier molecular flexibility index (Phi) is 5.90. The molecule has 1 aromatic heterocycles. The molecule has 1 saturated heterocycles. The summed E-state index contributed by atoms with van der Waals surface area (Å²) in [6.07, 6.45) is 1.62. The van der Waals surface area contributed by atoms with Gasteiger partial charge in [0.2, 0.25) is 5.91 Å². The van der Waals surface area contributed by atoms with Gasteiger partial charge in [-0.1, -0.05) is 0 Å². The van der Waals surface area contributed by atoms with Gasteiger partial charge in [-0.15, -0.1) is 0 Å². The standard InChI is InChI=1S/C20H21NO6/c1-2-25-16-7-5-14(6-8-16)18(22)13-27-20(24)15-10-19(23)21(11-15)12-17-4-3-9-26-17/h3-9,15H,2,10-13H2,1H3/t15-/m1/s1. The lowest BCUT2D eigenvalue weighted by Gasteiger charge is -2.14. The molecule has 7 heteroatoms. The van der Waals surface area contributed by atoms with E-state index >= 15 is 0 Å². The first-order valence-electron chi connectivity index (χ1n) is 8.79. The van der Waals surface area contributed by atoms with Gasteiger partial charge in [-0.05, 0) is 43.3 Å². The summed E-state index contributed by atoms with van der Waals surface area (Å²) in [5, 5.41) is 0. The lowest BCUT2D eigenvalue weighted by Crippen LogP contribution is -2.27. The number of ketones is 1. The zero-order chi connectivity index (χ0) is 19.2. The van der Waals surface area contributed by atoms with E-state index in [0.29, 0.717) is 30.2 Å². The van der Waals surface area contributed by atoms with E-state index in [1.54, 1.807) is 41.3 Å². The number of furan rings is 1.